The Morgan fingerprint density at radius 1 is 1.33 bits per heavy atom. The Morgan fingerprint density at radius 3 is 2.60 bits per heavy atom. The van der Waals surface area contributed by atoms with Gasteiger partial charge in [0, 0.05) is 26.0 Å². The van der Waals surface area contributed by atoms with Gasteiger partial charge in [-0.2, -0.15) is 0 Å². The molecule has 0 unspecified atom stereocenters. The second-order valence-electron chi connectivity index (χ2n) is 3.83. The van der Waals surface area contributed by atoms with E-state index in [-0.39, 0.29) is 6.03 Å². The van der Waals surface area contributed by atoms with E-state index in [9.17, 15) is 4.79 Å². The molecule has 5 heteroatoms. The van der Waals surface area contributed by atoms with Crippen LogP contribution in [0.4, 0.5) is 4.79 Å². The highest BCUT2D eigenvalue weighted by Gasteiger charge is 2.09. The van der Waals surface area contributed by atoms with Crippen LogP contribution in [0, 0.1) is 0 Å². The third-order valence-corrected chi connectivity index (χ3v) is 2.15. The van der Waals surface area contributed by atoms with Crippen LogP contribution in [-0.2, 0) is 0 Å². The Morgan fingerprint density at radius 2 is 2.07 bits per heavy atom. The van der Waals surface area contributed by atoms with E-state index in [1.54, 1.807) is 24.3 Å². The fraction of sp³-hybridized carbons (Fsp3) is 0.600. The maximum Gasteiger partial charge on any atom is 0.329 e. The first kappa shape index (κ1) is 11.7. The van der Waals surface area contributed by atoms with Crippen molar-refractivity contribution >= 4 is 6.03 Å². The Labute approximate surface area is 90.3 Å². The van der Waals surface area contributed by atoms with Crippen molar-refractivity contribution in [2.45, 2.75) is 6.42 Å². The molecule has 0 aliphatic heterocycles. The number of carbonyl (C=O) groups excluding carboxylic acids is 1. The number of carbonyl (C=O) groups is 1. The highest BCUT2D eigenvalue weighted by atomic mass is 16.2. The SMILES string of the molecule is CN(C)CCCN(C)C(=O)n1ccnc1. The second-order valence-corrected chi connectivity index (χ2v) is 3.83. The molecule has 1 amide bonds. The minimum Gasteiger partial charge on any atom is -0.327 e. The lowest BCUT2D eigenvalue weighted by Gasteiger charge is -2.18. The molecule has 0 N–H and O–H groups in total. The van der Waals surface area contributed by atoms with Gasteiger partial charge in [0.2, 0.25) is 0 Å². The lowest BCUT2D eigenvalue weighted by atomic mass is 10.4. The van der Waals surface area contributed by atoms with Gasteiger partial charge in [-0.3, -0.25) is 4.57 Å². The molecule has 5 nitrogen and oxygen atoms in total. The minimum atomic E-state index is -0.0359. The van der Waals surface area contributed by atoms with Gasteiger partial charge in [-0.25, -0.2) is 9.78 Å². The summed E-state index contributed by atoms with van der Waals surface area (Å²) in [7, 11) is 5.85. The Hall–Kier alpha value is -1.36. The highest BCUT2D eigenvalue weighted by molar-refractivity contribution is 5.76. The summed E-state index contributed by atoms with van der Waals surface area (Å²) in [4.78, 5) is 19.4. The van der Waals surface area contributed by atoms with E-state index in [0.717, 1.165) is 19.5 Å². The lowest BCUT2D eigenvalue weighted by Crippen LogP contribution is -2.32. The molecule has 1 aromatic rings. The van der Waals surface area contributed by atoms with Gasteiger partial charge in [0.1, 0.15) is 6.33 Å². The quantitative estimate of drug-likeness (QED) is 0.736. The molecule has 0 fully saturated rings. The van der Waals surface area contributed by atoms with Crippen LogP contribution in [0.25, 0.3) is 0 Å². The first-order chi connectivity index (χ1) is 7.11. The van der Waals surface area contributed by atoms with E-state index in [2.05, 4.69) is 9.88 Å². The number of hydrogen-bond donors (Lipinski definition) is 0. The van der Waals surface area contributed by atoms with Gasteiger partial charge in [0.15, 0.2) is 0 Å². The van der Waals surface area contributed by atoms with Gasteiger partial charge in [0.25, 0.3) is 0 Å². The molecule has 0 radical (unpaired) electrons. The average molecular weight is 210 g/mol. The van der Waals surface area contributed by atoms with Crippen molar-refractivity contribution in [2.75, 3.05) is 34.2 Å². The summed E-state index contributed by atoms with van der Waals surface area (Å²) in [5.74, 6) is 0. The van der Waals surface area contributed by atoms with Crippen molar-refractivity contribution in [1.82, 2.24) is 19.4 Å². The summed E-state index contributed by atoms with van der Waals surface area (Å²) >= 11 is 0. The fourth-order valence-corrected chi connectivity index (χ4v) is 1.29. The number of hydrogen-bond acceptors (Lipinski definition) is 3. The van der Waals surface area contributed by atoms with E-state index in [4.69, 9.17) is 0 Å². The summed E-state index contributed by atoms with van der Waals surface area (Å²) in [6.45, 7) is 1.75. The fourth-order valence-electron chi connectivity index (χ4n) is 1.29. The molecule has 0 atom stereocenters. The molecule has 1 aromatic heterocycles. The Balaban J connectivity index is 2.34. The number of nitrogens with zero attached hydrogens (tertiary/aromatic N) is 4. The third kappa shape index (κ3) is 3.71. The molecular weight excluding hydrogens is 192 g/mol. The molecule has 0 aliphatic carbocycles. The van der Waals surface area contributed by atoms with Gasteiger partial charge in [-0.15, -0.1) is 0 Å². The molecule has 84 valence electrons. The van der Waals surface area contributed by atoms with E-state index in [1.165, 1.54) is 10.9 Å². The number of amides is 1. The Kier molecular flexibility index (Phi) is 4.30. The number of rotatable bonds is 4. The maximum atomic E-state index is 11.7. The van der Waals surface area contributed by atoms with Crippen LogP contribution in [-0.4, -0.2) is 59.6 Å². The van der Waals surface area contributed by atoms with Crippen LogP contribution in [0.2, 0.25) is 0 Å². The molecule has 1 heterocycles. The summed E-state index contributed by atoms with van der Waals surface area (Å²) in [6.07, 6.45) is 5.76. The number of imidazole rings is 1. The van der Waals surface area contributed by atoms with E-state index >= 15 is 0 Å². The van der Waals surface area contributed by atoms with Crippen molar-refractivity contribution < 1.29 is 4.79 Å². The largest absolute Gasteiger partial charge is 0.329 e. The van der Waals surface area contributed by atoms with Crippen LogP contribution >= 0.6 is 0 Å². The third-order valence-electron chi connectivity index (χ3n) is 2.15. The summed E-state index contributed by atoms with van der Waals surface area (Å²) < 4.78 is 1.48. The highest BCUT2D eigenvalue weighted by Crippen LogP contribution is 1.95. The molecule has 0 bridgehead atoms. The summed E-state index contributed by atoms with van der Waals surface area (Å²) in [6, 6.07) is -0.0359. The van der Waals surface area contributed by atoms with Crippen LogP contribution in [0.15, 0.2) is 18.7 Å². The van der Waals surface area contributed by atoms with Crippen molar-refractivity contribution in [1.29, 1.82) is 0 Å². The first-order valence-electron chi connectivity index (χ1n) is 4.99. The van der Waals surface area contributed by atoms with Crippen molar-refractivity contribution in [2.24, 2.45) is 0 Å². The summed E-state index contributed by atoms with van der Waals surface area (Å²) in [5, 5.41) is 0. The lowest BCUT2D eigenvalue weighted by molar-refractivity contribution is 0.208. The normalized spacial score (nSPS) is 10.7. The molecular formula is C10H18N4O. The molecule has 1 rings (SSSR count). The van der Waals surface area contributed by atoms with Crippen molar-refractivity contribution in [3.63, 3.8) is 0 Å². The molecule has 0 aliphatic rings. The monoisotopic (exact) mass is 210 g/mol. The van der Waals surface area contributed by atoms with Gasteiger partial charge in [0.05, 0.1) is 0 Å². The van der Waals surface area contributed by atoms with Crippen LogP contribution in [0.3, 0.4) is 0 Å². The predicted molar refractivity (Wildman–Crippen MR) is 58.8 cm³/mol. The van der Waals surface area contributed by atoms with Gasteiger partial charge < -0.3 is 9.80 Å². The summed E-state index contributed by atoms with van der Waals surface area (Å²) in [5.41, 5.74) is 0. The van der Waals surface area contributed by atoms with Gasteiger partial charge in [-0.1, -0.05) is 0 Å². The smallest absolute Gasteiger partial charge is 0.327 e. The zero-order chi connectivity index (χ0) is 11.3. The first-order valence-corrected chi connectivity index (χ1v) is 4.99. The zero-order valence-electron chi connectivity index (χ0n) is 9.55. The van der Waals surface area contributed by atoms with E-state index < -0.39 is 0 Å². The topological polar surface area (TPSA) is 41.4 Å². The number of aromatic nitrogens is 2. The molecule has 0 saturated heterocycles. The Bertz CT molecular complexity index is 294. The molecule has 0 saturated carbocycles. The van der Waals surface area contributed by atoms with Gasteiger partial charge in [-0.05, 0) is 27.1 Å². The minimum absolute atomic E-state index is 0.0359. The maximum absolute atomic E-state index is 11.7. The van der Waals surface area contributed by atoms with Crippen LogP contribution in [0.5, 0.6) is 0 Å². The molecule has 15 heavy (non-hydrogen) atoms. The molecule has 0 spiro atoms. The van der Waals surface area contributed by atoms with E-state index in [1.807, 2.05) is 14.1 Å². The molecule has 0 aromatic carbocycles. The van der Waals surface area contributed by atoms with Gasteiger partial charge >= 0.3 is 6.03 Å². The zero-order valence-corrected chi connectivity index (χ0v) is 9.55. The average Bonchev–Trinajstić information content (AvgIpc) is 2.68. The second kappa shape index (κ2) is 5.50. The van der Waals surface area contributed by atoms with Crippen LogP contribution < -0.4 is 0 Å². The van der Waals surface area contributed by atoms with E-state index in [0.29, 0.717) is 0 Å². The predicted octanol–water partition coefficient (Wildman–Crippen LogP) is 0.735. The van der Waals surface area contributed by atoms with Crippen LogP contribution in [0.1, 0.15) is 6.42 Å². The van der Waals surface area contributed by atoms with Crippen molar-refractivity contribution in [3.05, 3.63) is 18.7 Å². The van der Waals surface area contributed by atoms with Crippen molar-refractivity contribution in [3.8, 4) is 0 Å². The standard InChI is InChI=1S/C10H18N4O/c1-12(2)6-4-7-13(3)10(15)14-8-5-11-9-14/h5,8-9H,4,6-7H2,1-3H3.